The van der Waals surface area contributed by atoms with Crippen molar-refractivity contribution in [3.8, 4) is 0 Å². The number of nitrogens with one attached hydrogen (secondary N) is 1. The topological polar surface area (TPSA) is 33.6 Å². The quantitative estimate of drug-likeness (QED) is 0.678. The van der Waals surface area contributed by atoms with E-state index in [0.717, 1.165) is 11.2 Å². The highest BCUT2D eigenvalue weighted by atomic mass is 32.1. The van der Waals surface area contributed by atoms with Crippen molar-refractivity contribution in [3.63, 3.8) is 0 Å². The van der Waals surface area contributed by atoms with Gasteiger partial charge in [0.2, 0.25) is 0 Å². The molecule has 0 fully saturated rings. The van der Waals surface area contributed by atoms with Crippen LogP contribution >= 0.6 is 12.2 Å². The van der Waals surface area contributed by atoms with E-state index in [0.29, 0.717) is 23.4 Å². The third-order valence-electron chi connectivity index (χ3n) is 2.85. The van der Waals surface area contributed by atoms with Gasteiger partial charge in [-0.1, -0.05) is 0 Å². The Morgan fingerprint density at radius 2 is 2.05 bits per heavy atom. The second-order valence-corrected chi connectivity index (χ2v) is 4.86. The molecule has 1 N–H and O–H groups in total. The van der Waals surface area contributed by atoms with Crippen molar-refractivity contribution in [1.29, 1.82) is 0 Å². The molecule has 0 spiro atoms. The predicted octanol–water partition coefficient (Wildman–Crippen LogP) is 4.13. The number of halogens is 3. The van der Waals surface area contributed by atoms with Crippen molar-refractivity contribution in [3.05, 3.63) is 22.6 Å². The lowest BCUT2D eigenvalue weighted by atomic mass is 10.2. The van der Waals surface area contributed by atoms with Crippen LogP contribution in [-0.4, -0.2) is 20.7 Å². The van der Waals surface area contributed by atoms with Crippen LogP contribution in [0.1, 0.15) is 25.0 Å². The lowest BCUT2D eigenvalue weighted by Gasteiger charge is -2.07. The molecule has 0 aliphatic rings. The minimum absolute atomic E-state index is 0.101. The normalized spacial score (nSPS) is 12.2. The lowest BCUT2D eigenvalue weighted by molar-refractivity contribution is -0.135. The van der Waals surface area contributed by atoms with E-state index in [9.17, 15) is 13.2 Å². The molecule has 0 saturated carbocycles. The summed E-state index contributed by atoms with van der Waals surface area (Å²) in [5.41, 5.74) is 2.37. The van der Waals surface area contributed by atoms with Gasteiger partial charge in [-0.05, 0) is 44.1 Å². The molecule has 19 heavy (non-hydrogen) atoms. The van der Waals surface area contributed by atoms with Crippen LogP contribution in [0.25, 0.3) is 11.2 Å². The van der Waals surface area contributed by atoms with Crippen LogP contribution in [0.15, 0.2) is 12.1 Å². The number of aromatic nitrogens is 3. The fourth-order valence-corrected chi connectivity index (χ4v) is 2.22. The number of hydrogen-bond acceptors (Lipinski definition) is 2. The number of imidazole rings is 1. The minimum Gasteiger partial charge on any atom is -0.329 e. The molecule has 2 aromatic rings. The SMILES string of the molecule is Cc1ccc2[nH]c(=S)n(CCCCC(F)(F)F)c2n1. The van der Waals surface area contributed by atoms with Gasteiger partial charge in [0.1, 0.15) is 0 Å². The maximum atomic E-state index is 12.1. The average molecular weight is 289 g/mol. The van der Waals surface area contributed by atoms with E-state index in [1.165, 1.54) is 0 Å². The molecule has 104 valence electrons. The number of pyridine rings is 1. The van der Waals surface area contributed by atoms with E-state index in [2.05, 4.69) is 9.97 Å². The van der Waals surface area contributed by atoms with E-state index in [-0.39, 0.29) is 6.42 Å². The molecule has 0 unspecified atom stereocenters. The third kappa shape index (κ3) is 3.56. The molecule has 3 nitrogen and oxygen atoms in total. The molecule has 0 atom stereocenters. The summed E-state index contributed by atoms with van der Waals surface area (Å²) < 4.78 is 38.4. The van der Waals surface area contributed by atoms with Gasteiger partial charge in [0.05, 0.1) is 5.52 Å². The number of aryl methyl sites for hydroxylation is 2. The molecule has 7 heteroatoms. The van der Waals surface area contributed by atoms with Crippen molar-refractivity contribution in [2.45, 2.75) is 38.9 Å². The Labute approximate surface area is 113 Å². The zero-order chi connectivity index (χ0) is 14.0. The van der Waals surface area contributed by atoms with E-state index in [4.69, 9.17) is 12.2 Å². The highest BCUT2D eigenvalue weighted by Crippen LogP contribution is 2.22. The summed E-state index contributed by atoms with van der Waals surface area (Å²) in [6, 6.07) is 3.74. The second-order valence-electron chi connectivity index (χ2n) is 4.48. The largest absolute Gasteiger partial charge is 0.389 e. The standard InChI is InChI=1S/C12H14F3N3S/c1-8-4-5-9-10(16-8)18(11(19)17-9)7-3-2-6-12(13,14)15/h4-5H,2-3,6-7H2,1H3,(H,17,19). The van der Waals surface area contributed by atoms with Crippen molar-refractivity contribution in [2.24, 2.45) is 0 Å². The number of fused-ring (bicyclic) bond motifs is 1. The van der Waals surface area contributed by atoms with Crippen LogP contribution in [0.2, 0.25) is 0 Å². The molecule has 0 amide bonds. The molecule has 0 saturated heterocycles. The minimum atomic E-state index is -4.09. The Hall–Kier alpha value is -1.37. The summed E-state index contributed by atoms with van der Waals surface area (Å²) in [7, 11) is 0. The molecule has 0 aromatic carbocycles. The average Bonchev–Trinajstić information content (AvgIpc) is 2.59. The van der Waals surface area contributed by atoms with Crippen LogP contribution in [0.3, 0.4) is 0 Å². The first kappa shape index (κ1) is 14.0. The van der Waals surface area contributed by atoms with Crippen LogP contribution < -0.4 is 0 Å². The number of hydrogen-bond donors (Lipinski definition) is 1. The molecular weight excluding hydrogens is 275 g/mol. The first-order valence-corrected chi connectivity index (χ1v) is 6.40. The molecule has 0 radical (unpaired) electrons. The number of unbranched alkanes of at least 4 members (excludes halogenated alkanes) is 1. The molecule has 0 bridgehead atoms. The van der Waals surface area contributed by atoms with Gasteiger partial charge in [0.15, 0.2) is 10.4 Å². The second kappa shape index (κ2) is 5.32. The maximum absolute atomic E-state index is 12.1. The lowest BCUT2D eigenvalue weighted by Crippen LogP contribution is -2.08. The maximum Gasteiger partial charge on any atom is 0.389 e. The number of rotatable bonds is 4. The first-order valence-electron chi connectivity index (χ1n) is 6.00. The number of aromatic amines is 1. The monoisotopic (exact) mass is 289 g/mol. The Morgan fingerprint density at radius 3 is 2.74 bits per heavy atom. The van der Waals surface area contributed by atoms with Crippen molar-refractivity contribution < 1.29 is 13.2 Å². The van der Waals surface area contributed by atoms with Gasteiger partial charge in [-0.15, -0.1) is 0 Å². The summed E-state index contributed by atoms with van der Waals surface area (Å²) in [6.07, 6.45) is -4.31. The van der Waals surface area contributed by atoms with Gasteiger partial charge >= 0.3 is 6.18 Å². The number of nitrogens with zero attached hydrogens (tertiary/aromatic N) is 2. The van der Waals surface area contributed by atoms with E-state index >= 15 is 0 Å². The van der Waals surface area contributed by atoms with Gasteiger partial charge in [0.25, 0.3) is 0 Å². The Balaban J connectivity index is 2.10. The third-order valence-corrected chi connectivity index (χ3v) is 3.17. The Kier molecular flexibility index (Phi) is 3.93. The van der Waals surface area contributed by atoms with Crippen molar-refractivity contribution in [2.75, 3.05) is 0 Å². The zero-order valence-electron chi connectivity index (χ0n) is 10.4. The molecular formula is C12H14F3N3S. The Morgan fingerprint density at radius 1 is 1.32 bits per heavy atom. The predicted molar refractivity (Wildman–Crippen MR) is 69.6 cm³/mol. The summed E-state index contributed by atoms with van der Waals surface area (Å²) in [4.78, 5) is 7.37. The highest BCUT2D eigenvalue weighted by molar-refractivity contribution is 7.71. The van der Waals surface area contributed by atoms with Gasteiger partial charge in [-0.25, -0.2) is 4.98 Å². The Bertz CT molecular complexity index is 627. The van der Waals surface area contributed by atoms with Gasteiger partial charge in [-0.2, -0.15) is 13.2 Å². The highest BCUT2D eigenvalue weighted by Gasteiger charge is 2.25. The van der Waals surface area contributed by atoms with Crippen LogP contribution in [0, 0.1) is 11.7 Å². The molecule has 0 aliphatic carbocycles. The summed E-state index contributed by atoms with van der Waals surface area (Å²) >= 11 is 5.16. The molecule has 2 aromatic heterocycles. The number of alkyl halides is 3. The fraction of sp³-hybridized carbons (Fsp3) is 0.500. The molecule has 2 heterocycles. The van der Waals surface area contributed by atoms with Gasteiger partial charge < -0.3 is 9.55 Å². The van der Waals surface area contributed by atoms with Gasteiger partial charge in [0, 0.05) is 18.7 Å². The van der Waals surface area contributed by atoms with E-state index in [1.54, 1.807) is 4.57 Å². The van der Waals surface area contributed by atoms with Crippen LogP contribution in [0.4, 0.5) is 13.2 Å². The van der Waals surface area contributed by atoms with Crippen LogP contribution in [0.5, 0.6) is 0 Å². The zero-order valence-corrected chi connectivity index (χ0v) is 11.2. The van der Waals surface area contributed by atoms with Gasteiger partial charge in [-0.3, -0.25) is 0 Å². The first-order chi connectivity index (χ1) is 8.87. The number of H-pyrrole nitrogens is 1. The fourth-order valence-electron chi connectivity index (χ4n) is 1.93. The summed E-state index contributed by atoms with van der Waals surface area (Å²) in [6.45, 7) is 2.31. The summed E-state index contributed by atoms with van der Waals surface area (Å²) in [5, 5.41) is 0. The van der Waals surface area contributed by atoms with Crippen LogP contribution in [-0.2, 0) is 6.54 Å². The molecule has 0 aliphatic heterocycles. The summed E-state index contributed by atoms with van der Waals surface area (Å²) in [5.74, 6) is 0. The smallest absolute Gasteiger partial charge is 0.329 e. The van der Waals surface area contributed by atoms with Crippen molar-refractivity contribution >= 4 is 23.4 Å². The molecule has 2 rings (SSSR count). The van der Waals surface area contributed by atoms with E-state index in [1.807, 2.05) is 19.1 Å². The van der Waals surface area contributed by atoms with E-state index < -0.39 is 12.6 Å². The van der Waals surface area contributed by atoms with Crippen molar-refractivity contribution in [1.82, 2.24) is 14.5 Å².